The van der Waals surface area contributed by atoms with Crippen LogP contribution >= 0.6 is 0 Å². The molecule has 0 bridgehead atoms. The minimum atomic E-state index is -0.915. The Morgan fingerprint density at radius 1 is 1.67 bits per heavy atom. The van der Waals surface area contributed by atoms with E-state index in [0.717, 1.165) is 0 Å². The summed E-state index contributed by atoms with van der Waals surface area (Å²) in [5.74, 6) is 0. The summed E-state index contributed by atoms with van der Waals surface area (Å²) in [6.45, 7) is -0.194. The highest BCUT2D eigenvalue weighted by molar-refractivity contribution is 4.98. The zero-order valence-electron chi connectivity index (χ0n) is 4.82. The van der Waals surface area contributed by atoms with Gasteiger partial charge < -0.3 is 20.1 Å². The van der Waals surface area contributed by atoms with Gasteiger partial charge in [-0.3, -0.25) is 0 Å². The van der Waals surface area contributed by atoms with Gasteiger partial charge in [-0.25, -0.2) is 0 Å². The van der Waals surface area contributed by atoms with Gasteiger partial charge in [-0.15, -0.1) is 0 Å². The van der Waals surface area contributed by atoms with Crippen LogP contribution in [0.15, 0.2) is 0 Å². The third-order valence-electron chi connectivity index (χ3n) is 1.29. The standard InChI is InChI=1S/C5H9O4/c6-1-4-5(8)3(7)2-9-4/h3-4,6-8H,1-2H2/t3-,4+/m1/s1. The average molecular weight is 133 g/mol. The van der Waals surface area contributed by atoms with Crippen LogP contribution in [0.25, 0.3) is 0 Å². The number of rotatable bonds is 1. The molecule has 0 spiro atoms. The Morgan fingerprint density at radius 3 is 2.56 bits per heavy atom. The van der Waals surface area contributed by atoms with Crippen molar-refractivity contribution in [1.29, 1.82) is 0 Å². The molecule has 1 heterocycles. The number of ether oxygens (including phenoxy) is 1. The second kappa shape index (κ2) is 2.62. The first-order valence-corrected chi connectivity index (χ1v) is 2.72. The van der Waals surface area contributed by atoms with Crippen molar-refractivity contribution in [3.63, 3.8) is 0 Å². The zero-order chi connectivity index (χ0) is 6.85. The van der Waals surface area contributed by atoms with E-state index in [1.54, 1.807) is 0 Å². The predicted octanol–water partition coefficient (Wildman–Crippen LogP) is -1.36. The number of aliphatic hydroxyl groups excluding tert-OH is 3. The third kappa shape index (κ3) is 1.21. The lowest BCUT2D eigenvalue weighted by Crippen LogP contribution is -2.23. The quantitative estimate of drug-likeness (QED) is 0.413. The smallest absolute Gasteiger partial charge is 0.155 e. The van der Waals surface area contributed by atoms with Gasteiger partial charge in [0.15, 0.2) is 6.10 Å². The van der Waals surface area contributed by atoms with Crippen LogP contribution in [0.4, 0.5) is 0 Å². The average Bonchev–Trinajstić information content (AvgIpc) is 2.15. The minimum Gasteiger partial charge on any atom is -0.394 e. The van der Waals surface area contributed by atoms with Gasteiger partial charge in [0.25, 0.3) is 0 Å². The molecule has 0 aromatic rings. The van der Waals surface area contributed by atoms with Crippen LogP contribution < -0.4 is 0 Å². The Balaban J connectivity index is 2.41. The molecule has 1 radical (unpaired) electrons. The second-order valence-electron chi connectivity index (χ2n) is 1.95. The molecular weight excluding hydrogens is 124 g/mol. The van der Waals surface area contributed by atoms with Gasteiger partial charge in [-0.2, -0.15) is 0 Å². The fraction of sp³-hybridized carbons (Fsp3) is 0.800. The van der Waals surface area contributed by atoms with E-state index in [9.17, 15) is 0 Å². The van der Waals surface area contributed by atoms with Crippen molar-refractivity contribution < 1.29 is 20.1 Å². The molecule has 4 nitrogen and oxygen atoms in total. The molecule has 3 N–H and O–H groups in total. The van der Waals surface area contributed by atoms with Crippen LogP contribution in [0.3, 0.4) is 0 Å². The Kier molecular flexibility index (Phi) is 2.02. The van der Waals surface area contributed by atoms with Crippen LogP contribution in [0.2, 0.25) is 0 Å². The molecule has 53 valence electrons. The van der Waals surface area contributed by atoms with Crippen molar-refractivity contribution in [3.05, 3.63) is 6.10 Å². The molecule has 0 aromatic carbocycles. The lowest BCUT2D eigenvalue weighted by molar-refractivity contribution is 0.0399. The second-order valence-corrected chi connectivity index (χ2v) is 1.95. The van der Waals surface area contributed by atoms with Crippen LogP contribution in [0, 0.1) is 6.10 Å². The molecule has 0 aliphatic carbocycles. The number of aliphatic hydroxyl groups is 3. The van der Waals surface area contributed by atoms with Crippen molar-refractivity contribution >= 4 is 0 Å². The molecule has 1 aliphatic heterocycles. The summed E-state index contributed by atoms with van der Waals surface area (Å²) in [4.78, 5) is 0. The summed E-state index contributed by atoms with van der Waals surface area (Å²) in [5, 5.41) is 26.1. The molecule has 4 heteroatoms. The third-order valence-corrected chi connectivity index (χ3v) is 1.29. The van der Waals surface area contributed by atoms with E-state index in [4.69, 9.17) is 20.1 Å². The highest BCUT2D eigenvalue weighted by Gasteiger charge is 2.34. The van der Waals surface area contributed by atoms with E-state index >= 15 is 0 Å². The van der Waals surface area contributed by atoms with Crippen molar-refractivity contribution in [2.45, 2.75) is 12.2 Å². The van der Waals surface area contributed by atoms with Crippen LogP contribution in [-0.4, -0.2) is 40.7 Å². The summed E-state index contributed by atoms with van der Waals surface area (Å²) in [6.07, 6.45) is -1.76. The van der Waals surface area contributed by atoms with Crippen molar-refractivity contribution in [2.75, 3.05) is 13.2 Å². The monoisotopic (exact) mass is 133 g/mol. The van der Waals surface area contributed by atoms with E-state index in [-0.39, 0.29) is 19.3 Å². The Labute approximate surface area is 52.7 Å². The van der Waals surface area contributed by atoms with E-state index < -0.39 is 12.2 Å². The Morgan fingerprint density at radius 2 is 2.33 bits per heavy atom. The summed E-state index contributed by atoms with van der Waals surface area (Å²) >= 11 is 0. The minimum absolute atomic E-state index is 0.0804. The highest BCUT2D eigenvalue weighted by atomic mass is 16.5. The molecular formula is C5H9O4. The van der Waals surface area contributed by atoms with Crippen molar-refractivity contribution in [2.24, 2.45) is 0 Å². The predicted molar refractivity (Wildman–Crippen MR) is 28.0 cm³/mol. The molecule has 1 aliphatic rings. The fourth-order valence-electron chi connectivity index (χ4n) is 0.739. The summed E-state index contributed by atoms with van der Waals surface area (Å²) in [5.41, 5.74) is 0. The van der Waals surface area contributed by atoms with Gasteiger partial charge in [0, 0.05) is 0 Å². The Bertz CT molecular complexity index is 95.0. The first kappa shape index (κ1) is 6.95. The number of hydrogen-bond acceptors (Lipinski definition) is 4. The van der Waals surface area contributed by atoms with Gasteiger partial charge >= 0.3 is 0 Å². The SMILES string of the molecule is OC[C@@H]1OC[C@@H](O)[C]1O. The molecule has 0 amide bonds. The van der Waals surface area contributed by atoms with Gasteiger partial charge in [0.05, 0.1) is 13.2 Å². The maximum Gasteiger partial charge on any atom is 0.155 e. The highest BCUT2D eigenvalue weighted by Crippen LogP contribution is 2.19. The number of hydrogen-bond donors (Lipinski definition) is 3. The van der Waals surface area contributed by atoms with E-state index in [0.29, 0.717) is 0 Å². The van der Waals surface area contributed by atoms with E-state index in [2.05, 4.69) is 0 Å². The van der Waals surface area contributed by atoms with E-state index in [1.165, 1.54) is 0 Å². The first-order valence-electron chi connectivity index (χ1n) is 2.72. The summed E-state index contributed by atoms with van der Waals surface area (Å²) < 4.78 is 4.74. The topological polar surface area (TPSA) is 69.9 Å². The maximum absolute atomic E-state index is 8.84. The molecule has 1 rings (SSSR count). The van der Waals surface area contributed by atoms with Gasteiger partial charge in [0.1, 0.15) is 12.2 Å². The zero-order valence-corrected chi connectivity index (χ0v) is 4.82. The largest absolute Gasteiger partial charge is 0.394 e. The molecule has 2 atom stereocenters. The molecule has 0 saturated carbocycles. The molecule has 0 unspecified atom stereocenters. The fourth-order valence-corrected chi connectivity index (χ4v) is 0.739. The molecule has 0 aromatic heterocycles. The summed E-state index contributed by atoms with van der Waals surface area (Å²) in [7, 11) is 0. The molecule has 9 heavy (non-hydrogen) atoms. The normalized spacial score (nSPS) is 37.7. The maximum atomic E-state index is 8.84. The van der Waals surface area contributed by atoms with Crippen molar-refractivity contribution in [1.82, 2.24) is 0 Å². The lowest BCUT2D eigenvalue weighted by atomic mass is 10.2. The van der Waals surface area contributed by atoms with Crippen LogP contribution in [-0.2, 0) is 4.74 Å². The Hall–Kier alpha value is -0.160. The lowest BCUT2D eigenvalue weighted by Gasteiger charge is -2.08. The van der Waals surface area contributed by atoms with Gasteiger partial charge in [-0.1, -0.05) is 0 Å². The van der Waals surface area contributed by atoms with Crippen LogP contribution in [0.5, 0.6) is 0 Å². The summed E-state index contributed by atoms with van der Waals surface area (Å²) in [6, 6.07) is 0. The molecule has 1 fully saturated rings. The van der Waals surface area contributed by atoms with Crippen LogP contribution in [0.1, 0.15) is 0 Å². The van der Waals surface area contributed by atoms with Gasteiger partial charge in [0.2, 0.25) is 0 Å². The molecule has 1 saturated heterocycles. The first-order chi connectivity index (χ1) is 4.25. The van der Waals surface area contributed by atoms with Gasteiger partial charge in [-0.05, 0) is 0 Å². The van der Waals surface area contributed by atoms with E-state index in [1.807, 2.05) is 0 Å². The van der Waals surface area contributed by atoms with Crippen molar-refractivity contribution in [3.8, 4) is 0 Å².